The van der Waals surface area contributed by atoms with Gasteiger partial charge in [0.15, 0.2) is 0 Å². The monoisotopic (exact) mass is 370 g/mol. The molecule has 0 bridgehead atoms. The minimum Gasteiger partial charge on any atom is -0.462 e. The highest BCUT2D eigenvalue weighted by Crippen LogP contribution is 2.50. The largest absolute Gasteiger partial charge is 0.462 e. The summed E-state index contributed by atoms with van der Waals surface area (Å²) < 4.78 is 21.8. The summed E-state index contributed by atoms with van der Waals surface area (Å²) in [5.41, 5.74) is 8.61. The lowest BCUT2D eigenvalue weighted by atomic mass is 9.93. The third-order valence-corrected chi connectivity index (χ3v) is 5.42. The highest BCUT2D eigenvalue weighted by molar-refractivity contribution is 5.94. The Bertz CT molecular complexity index is 1050. The number of fused-ring (bicyclic) bond motifs is 1. The van der Waals surface area contributed by atoms with Crippen molar-refractivity contribution in [2.75, 3.05) is 13.2 Å². The average Bonchev–Trinajstić information content (AvgIpc) is 3.55. The van der Waals surface area contributed by atoms with Crippen molar-refractivity contribution in [2.45, 2.75) is 44.1 Å². The molecule has 0 atom stereocenters. The van der Waals surface area contributed by atoms with E-state index in [2.05, 4.69) is 10.0 Å². The van der Waals surface area contributed by atoms with Crippen molar-refractivity contribution >= 4 is 16.9 Å². The van der Waals surface area contributed by atoms with Crippen molar-refractivity contribution < 1.29 is 13.9 Å². The normalized spacial score (nSPS) is 17.4. The number of rotatable bonds is 6. The molecule has 1 aromatic carbocycles. The van der Waals surface area contributed by atoms with Crippen LogP contribution in [-0.4, -0.2) is 23.7 Å². The van der Waals surface area contributed by atoms with E-state index in [1.54, 1.807) is 13.0 Å². The number of aromatic nitrogens is 1. The topological polar surface area (TPSA) is 97.1 Å². The predicted molar refractivity (Wildman–Crippen MR) is 97.3 cm³/mol. The zero-order chi connectivity index (χ0) is 19.2. The molecular weight excluding hydrogens is 351 g/mol. The third kappa shape index (κ3) is 2.96. The molecule has 27 heavy (non-hydrogen) atoms. The van der Waals surface area contributed by atoms with E-state index in [9.17, 15) is 14.0 Å². The number of carbonyl (C=O) groups is 1. The molecule has 2 aromatic rings. The Morgan fingerprint density at radius 1 is 1.44 bits per heavy atom. The zero-order valence-electron chi connectivity index (χ0n) is 14.9. The van der Waals surface area contributed by atoms with Crippen molar-refractivity contribution in [1.29, 1.82) is 0 Å². The first-order chi connectivity index (χ1) is 13.0. The van der Waals surface area contributed by atoms with Gasteiger partial charge in [0.1, 0.15) is 11.4 Å². The zero-order valence-corrected chi connectivity index (χ0v) is 14.9. The Balaban J connectivity index is 1.92. The average molecular weight is 370 g/mol. The predicted octanol–water partition coefficient (Wildman–Crippen LogP) is 3.99. The van der Waals surface area contributed by atoms with Gasteiger partial charge in [0.25, 0.3) is 0 Å². The maximum Gasteiger partial charge on any atom is 0.343 e. The maximum absolute atomic E-state index is 14.9. The second-order valence-corrected chi connectivity index (χ2v) is 7.25. The van der Waals surface area contributed by atoms with Gasteiger partial charge >= 0.3 is 5.97 Å². The second kappa shape index (κ2) is 6.39. The lowest BCUT2D eigenvalue weighted by Crippen LogP contribution is -2.22. The van der Waals surface area contributed by atoms with Crippen LogP contribution in [0, 0.1) is 5.82 Å². The lowest BCUT2D eigenvalue weighted by Gasteiger charge is -2.18. The highest BCUT2D eigenvalue weighted by atomic mass is 19.1. The maximum atomic E-state index is 14.9. The number of nitrogens with zero attached hydrogens (tertiary/aromatic N) is 4. The number of pyridine rings is 1. The van der Waals surface area contributed by atoms with Gasteiger partial charge in [-0.2, -0.15) is 0 Å². The number of hydrogen-bond donors (Lipinski definition) is 0. The summed E-state index contributed by atoms with van der Waals surface area (Å²) in [4.78, 5) is 27.8. The number of benzene rings is 1. The summed E-state index contributed by atoms with van der Waals surface area (Å²) in [6.45, 7) is 2.03. The summed E-state index contributed by atoms with van der Waals surface area (Å²) in [5.74, 6) is -1.20. The highest BCUT2D eigenvalue weighted by Gasteiger charge is 2.45. The minimum absolute atomic E-state index is 0.0707. The third-order valence-electron chi connectivity index (χ3n) is 5.42. The van der Waals surface area contributed by atoms with E-state index in [0.717, 1.165) is 25.7 Å². The number of hydrogen-bond acceptors (Lipinski definition) is 4. The molecule has 0 unspecified atom stereocenters. The standard InChI is InChI=1S/C19H19FN4O3/c1-2-27-18(26)13-9-24(11-3-4-11)16-8-14(15(20)7-12(16)17(13)25)19(5-6-19)10-22-23-21/h7-9,11H,2-6,10H2,1H3. The van der Waals surface area contributed by atoms with Crippen molar-refractivity contribution in [3.8, 4) is 0 Å². The van der Waals surface area contributed by atoms with Gasteiger partial charge in [-0.3, -0.25) is 4.79 Å². The van der Waals surface area contributed by atoms with Crippen LogP contribution in [0.2, 0.25) is 0 Å². The minimum atomic E-state index is -0.690. The Labute approximate surface area is 154 Å². The summed E-state index contributed by atoms with van der Waals surface area (Å²) >= 11 is 0. The van der Waals surface area contributed by atoms with Gasteiger partial charge in [-0.05, 0) is 55.8 Å². The van der Waals surface area contributed by atoms with Crippen LogP contribution >= 0.6 is 0 Å². The molecule has 0 N–H and O–H groups in total. The first-order valence-corrected chi connectivity index (χ1v) is 9.07. The second-order valence-electron chi connectivity index (χ2n) is 7.25. The van der Waals surface area contributed by atoms with Crippen LogP contribution in [0.4, 0.5) is 4.39 Å². The first-order valence-electron chi connectivity index (χ1n) is 9.07. The lowest BCUT2D eigenvalue weighted by molar-refractivity contribution is 0.0524. The van der Waals surface area contributed by atoms with Crippen LogP contribution < -0.4 is 5.43 Å². The van der Waals surface area contributed by atoms with Crippen molar-refractivity contribution in [3.05, 3.63) is 55.9 Å². The summed E-state index contributed by atoms with van der Waals surface area (Å²) in [5, 5.41) is 3.81. The number of ether oxygens (including phenoxy) is 1. The molecule has 7 nitrogen and oxygen atoms in total. The smallest absolute Gasteiger partial charge is 0.343 e. The van der Waals surface area contributed by atoms with Crippen molar-refractivity contribution in [3.63, 3.8) is 0 Å². The molecule has 0 aliphatic heterocycles. The molecule has 140 valence electrons. The van der Waals surface area contributed by atoms with E-state index in [1.165, 1.54) is 12.3 Å². The number of carbonyl (C=O) groups excluding carboxylic acids is 1. The Kier molecular flexibility index (Phi) is 4.15. The van der Waals surface area contributed by atoms with Crippen LogP contribution in [-0.2, 0) is 10.2 Å². The fourth-order valence-corrected chi connectivity index (χ4v) is 3.62. The summed E-state index contributed by atoms with van der Waals surface area (Å²) in [6.07, 6.45) is 4.90. The van der Waals surface area contributed by atoms with E-state index in [0.29, 0.717) is 11.1 Å². The van der Waals surface area contributed by atoms with Gasteiger partial charge < -0.3 is 9.30 Å². The SMILES string of the molecule is CCOC(=O)c1cn(C2CC2)c2cc(C3(CN=[N+]=[N-])CC3)c(F)cc2c1=O. The molecule has 0 saturated heterocycles. The Morgan fingerprint density at radius 3 is 2.78 bits per heavy atom. The molecule has 1 heterocycles. The van der Waals surface area contributed by atoms with Gasteiger partial charge in [-0.15, -0.1) is 0 Å². The molecule has 2 fully saturated rings. The van der Waals surface area contributed by atoms with Crippen LogP contribution in [0.25, 0.3) is 21.3 Å². The Hall–Kier alpha value is -2.86. The van der Waals surface area contributed by atoms with Crippen LogP contribution in [0.15, 0.2) is 28.2 Å². The first kappa shape index (κ1) is 17.5. The van der Waals surface area contributed by atoms with Crippen molar-refractivity contribution in [1.82, 2.24) is 4.57 Å². The summed E-state index contributed by atoms with van der Waals surface area (Å²) in [7, 11) is 0. The van der Waals surface area contributed by atoms with Gasteiger partial charge in [0.05, 0.1) is 12.1 Å². The van der Waals surface area contributed by atoms with E-state index < -0.39 is 22.6 Å². The summed E-state index contributed by atoms with van der Waals surface area (Å²) in [6, 6.07) is 3.09. The molecule has 2 saturated carbocycles. The molecular formula is C19H19FN4O3. The van der Waals surface area contributed by atoms with E-state index >= 15 is 0 Å². The van der Waals surface area contributed by atoms with Gasteiger partial charge in [0, 0.05) is 34.5 Å². The number of esters is 1. The van der Waals surface area contributed by atoms with E-state index in [4.69, 9.17) is 10.3 Å². The fourth-order valence-electron chi connectivity index (χ4n) is 3.62. The molecule has 2 aliphatic rings. The van der Waals surface area contributed by atoms with Crippen LogP contribution in [0.5, 0.6) is 0 Å². The Morgan fingerprint density at radius 2 is 2.19 bits per heavy atom. The van der Waals surface area contributed by atoms with Gasteiger partial charge in [-0.25, -0.2) is 9.18 Å². The molecule has 0 radical (unpaired) electrons. The van der Waals surface area contributed by atoms with E-state index in [1.807, 2.05) is 4.57 Å². The number of azide groups is 1. The van der Waals surface area contributed by atoms with E-state index in [-0.39, 0.29) is 30.1 Å². The molecule has 8 heteroatoms. The van der Waals surface area contributed by atoms with Gasteiger partial charge in [0.2, 0.25) is 5.43 Å². The molecule has 2 aliphatic carbocycles. The molecule has 4 rings (SSSR count). The molecule has 0 spiro atoms. The quantitative estimate of drug-likeness (QED) is 0.333. The molecule has 1 aromatic heterocycles. The van der Waals surface area contributed by atoms with Crippen molar-refractivity contribution in [2.24, 2.45) is 5.11 Å². The van der Waals surface area contributed by atoms with Gasteiger partial charge in [-0.1, -0.05) is 5.11 Å². The molecule has 0 amide bonds. The van der Waals surface area contributed by atoms with Crippen LogP contribution in [0.1, 0.15) is 54.6 Å². The van der Waals surface area contributed by atoms with Crippen LogP contribution in [0.3, 0.4) is 0 Å². The number of halogens is 1. The fraction of sp³-hybridized carbons (Fsp3) is 0.474.